The van der Waals surface area contributed by atoms with Crippen LogP contribution in [0.4, 0.5) is 0 Å². The van der Waals surface area contributed by atoms with E-state index in [9.17, 15) is 9.59 Å². The molecule has 146 valence electrons. The summed E-state index contributed by atoms with van der Waals surface area (Å²) >= 11 is 0. The lowest BCUT2D eigenvalue weighted by atomic mass is 9.90. The van der Waals surface area contributed by atoms with Gasteiger partial charge in [0.2, 0.25) is 11.8 Å². The molecule has 1 aromatic heterocycles. The van der Waals surface area contributed by atoms with Crippen molar-refractivity contribution < 1.29 is 9.59 Å². The first kappa shape index (κ1) is 20.7. The van der Waals surface area contributed by atoms with Crippen molar-refractivity contribution in [1.29, 1.82) is 0 Å². The normalized spacial score (nSPS) is 23.3. The molecule has 2 amide bonds. The molecule has 0 aromatic carbocycles. The fourth-order valence-electron chi connectivity index (χ4n) is 3.91. The standard InChI is InChI=1S/C18H29N5O2.ClH/c1-23-12-13(9-21-23)15-10-19-11-16(15)18(25)20-8-7-17(24)22-14-5-3-2-4-6-14;/h9,12,14-16,19H,2-8,10-11H2,1H3,(H,20,25)(H,22,24);1H/t15-,16+;/m1./s1. The molecule has 3 N–H and O–H groups in total. The highest BCUT2D eigenvalue weighted by Gasteiger charge is 2.34. The van der Waals surface area contributed by atoms with Crippen LogP contribution in [0.1, 0.15) is 50.0 Å². The smallest absolute Gasteiger partial charge is 0.225 e. The zero-order chi connectivity index (χ0) is 17.6. The first-order valence-electron chi connectivity index (χ1n) is 9.40. The Morgan fingerprint density at radius 3 is 2.73 bits per heavy atom. The van der Waals surface area contributed by atoms with Crippen molar-refractivity contribution >= 4 is 24.2 Å². The Balaban J connectivity index is 0.00000243. The minimum atomic E-state index is -0.106. The number of rotatable bonds is 6. The molecule has 2 aliphatic rings. The van der Waals surface area contributed by atoms with Gasteiger partial charge in [-0.15, -0.1) is 12.4 Å². The molecule has 3 rings (SSSR count). The van der Waals surface area contributed by atoms with E-state index in [4.69, 9.17) is 0 Å². The third-order valence-electron chi connectivity index (χ3n) is 5.33. The second-order valence-electron chi connectivity index (χ2n) is 7.26. The van der Waals surface area contributed by atoms with Gasteiger partial charge in [-0.3, -0.25) is 14.3 Å². The Morgan fingerprint density at radius 1 is 1.27 bits per heavy atom. The monoisotopic (exact) mass is 383 g/mol. The summed E-state index contributed by atoms with van der Waals surface area (Å²) in [4.78, 5) is 24.5. The Labute approximate surface area is 161 Å². The lowest BCUT2D eigenvalue weighted by molar-refractivity contribution is -0.125. The Hall–Kier alpha value is -1.60. The van der Waals surface area contributed by atoms with Gasteiger partial charge in [0.05, 0.1) is 12.1 Å². The second kappa shape index (κ2) is 9.92. The number of aromatic nitrogens is 2. The third-order valence-corrected chi connectivity index (χ3v) is 5.33. The molecule has 1 aromatic rings. The predicted molar refractivity (Wildman–Crippen MR) is 102 cm³/mol. The van der Waals surface area contributed by atoms with E-state index in [1.165, 1.54) is 19.3 Å². The van der Waals surface area contributed by atoms with E-state index in [-0.39, 0.29) is 36.1 Å². The number of carbonyl (C=O) groups is 2. The molecule has 0 bridgehead atoms. The summed E-state index contributed by atoms with van der Waals surface area (Å²) in [5, 5.41) is 13.5. The van der Waals surface area contributed by atoms with Crippen LogP contribution in [0.5, 0.6) is 0 Å². The number of aryl methyl sites for hydroxylation is 1. The van der Waals surface area contributed by atoms with E-state index in [1.54, 1.807) is 4.68 Å². The molecule has 1 saturated heterocycles. The lowest BCUT2D eigenvalue weighted by Crippen LogP contribution is -2.39. The molecule has 2 heterocycles. The maximum absolute atomic E-state index is 12.5. The van der Waals surface area contributed by atoms with Crippen LogP contribution in [0.25, 0.3) is 0 Å². The number of nitrogens with zero attached hydrogens (tertiary/aromatic N) is 2. The topological polar surface area (TPSA) is 88.0 Å². The molecule has 26 heavy (non-hydrogen) atoms. The summed E-state index contributed by atoms with van der Waals surface area (Å²) in [6.07, 6.45) is 9.98. The highest BCUT2D eigenvalue weighted by atomic mass is 35.5. The molecule has 1 aliphatic heterocycles. The van der Waals surface area contributed by atoms with Crippen molar-refractivity contribution in [2.24, 2.45) is 13.0 Å². The van der Waals surface area contributed by atoms with Gasteiger partial charge in [-0.25, -0.2) is 0 Å². The minimum Gasteiger partial charge on any atom is -0.355 e. The highest BCUT2D eigenvalue weighted by Crippen LogP contribution is 2.27. The lowest BCUT2D eigenvalue weighted by Gasteiger charge is -2.23. The van der Waals surface area contributed by atoms with Gasteiger partial charge in [-0.1, -0.05) is 19.3 Å². The maximum Gasteiger partial charge on any atom is 0.225 e. The summed E-state index contributed by atoms with van der Waals surface area (Å²) in [5.41, 5.74) is 1.09. The van der Waals surface area contributed by atoms with Gasteiger partial charge in [-0.2, -0.15) is 5.10 Å². The van der Waals surface area contributed by atoms with Gasteiger partial charge in [0.15, 0.2) is 0 Å². The quantitative estimate of drug-likeness (QED) is 0.686. The Bertz CT molecular complexity index is 600. The van der Waals surface area contributed by atoms with Crippen molar-refractivity contribution in [2.75, 3.05) is 19.6 Å². The predicted octanol–water partition coefficient (Wildman–Crippen LogP) is 1.10. The van der Waals surface area contributed by atoms with Crippen LogP contribution < -0.4 is 16.0 Å². The molecule has 8 heteroatoms. The molecule has 2 fully saturated rings. The zero-order valence-corrected chi connectivity index (χ0v) is 16.2. The van der Waals surface area contributed by atoms with Crippen LogP contribution in [0.3, 0.4) is 0 Å². The van der Waals surface area contributed by atoms with E-state index in [0.717, 1.165) is 24.9 Å². The SMILES string of the molecule is Cl.Cn1cc([C@H]2CNC[C@@H]2C(=O)NCCC(=O)NC2CCCCC2)cn1. The first-order chi connectivity index (χ1) is 12.1. The molecule has 0 spiro atoms. The number of amides is 2. The van der Waals surface area contributed by atoms with E-state index in [0.29, 0.717) is 25.6 Å². The minimum absolute atomic E-state index is 0. The first-order valence-corrected chi connectivity index (χ1v) is 9.40. The van der Waals surface area contributed by atoms with Gasteiger partial charge < -0.3 is 16.0 Å². The van der Waals surface area contributed by atoms with Crippen molar-refractivity contribution in [3.63, 3.8) is 0 Å². The summed E-state index contributed by atoms with van der Waals surface area (Å²) in [7, 11) is 1.88. The number of hydrogen-bond donors (Lipinski definition) is 3. The van der Waals surface area contributed by atoms with Crippen molar-refractivity contribution in [3.05, 3.63) is 18.0 Å². The van der Waals surface area contributed by atoms with Crippen LogP contribution in [0.2, 0.25) is 0 Å². The molecular weight excluding hydrogens is 354 g/mol. The number of nitrogens with one attached hydrogen (secondary N) is 3. The van der Waals surface area contributed by atoms with Gasteiger partial charge in [0.25, 0.3) is 0 Å². The fourth-order valence-corrected chi connectivity index (χ4v) is 3.91. The van der Waals surface area contributed by atoms with Crippen LogP contribution in [0, 0.1) is 5.92 Å². The van der Waals surface area contributed by atoms with Crippen molar-refractivity contribution in [2.45, 2.75) is 50.5 Å². The van der Waals surface area contributed by atoms with Gasteiger partial charge in [0.1, 0.15) is 0 Å². The maximum atomic E-state index is 12.5. The average Bonchev–Trinajstić information content (AvgIpc) is 3.24. The van der Waals surface area contributed by atoms with Crippen molar-refractivity contribution in [1.82, 2.24) is 25.7 Å². The summed E-state index contributed by atoms with van der Waals surface area (Å²) in [6.45, 7) is 1.85. The van der Waals surface area contributed by atoms with E-state index >= 15 is 0 Å². The number of carbonyl (C=O) groups excluding carboxylic acids is 2. The van der Waals surface area contributed by atoms with Crippen molar-refractivity contribution in [3.8, 4) is 0 Å². The summed E-state index contributed by atoms with van der Waals surface area (Å²) < 4.78 is 1.76. The average molecular weight is 384 g/mol. The molecule has 1 aliphatic carbocycles. The Morgan fingerprint density at radius 2 is 2.04 bits per heavy atom. The van der Waals surface area contributed by atoms with Gasteiger partial charge in [-0.05, 0) is 18.4 Å². The molecule has 0 unspecified atom stereocenters. The van der Waals surface area contributed by atoms with Gasteiger partial charge in [0, 0.05) is 51.3 Å². The van der Waals surface area contributed by atoms with E-state index < -0.39 is 0 Å². The number of halogens is 1. The van der Waals surface area contributed by atoms with Crippen LogP contribution in [-0.4, -0.2) is 47.3 Å². The second-order valence-corrected chi connectivity index (χ2v) is 7.26. The number of hydrogen-bond acceptors (Lipinski definition) is 4. The molecular formula is C18H30ClN5O2. The molecule has 2 atom stereocenters. The largest absolute Gasteiger partial charge is 0.355 e. The van der Waals surface area contributed by atoms with E-state index in [2.05, 4.69) is 21.0 Å². The molecule has 0 radical (unpaired) electrons. The van der Waals surface area contributed by atoms with Crippen LogP contribution in [0.15, 0.2) is 12.4 Å². The van der Waals surface area contributed by atoms with E-state index in [1.807, 2.05) is 19.4 Å². The van der Waals surface area contributed by atoms with Crippen LogP contribution >= 0.6 is 12.4 Å². The van der Waals surface area contributed by atoms with Crippen LogP contribution in [-0.2, 0) is 16.6 Å². The Kier molecular flexibility index (Phi) is 7.90. The molecule has 7 nitrogen and oxygen atoms in total. The van der Waals surface area contributed by atoms with Gasteiger partial charge >= 0.3 is 0 Å². The zero-order valence-electron chi connectivity index (χ0n) is 15.4. The summed E-state index contributed by atoms with van der Waals surface area (Å²) in [5.74, 6) is 0.0975. The third kappa shape index (κ3) is 5.45. The highest BCUT2D eigenvalue weighted by molar-refractivity contribution is 5.85. The summed E-state index contributed by atoms with van der Waals surface area (Å²) in [6, 6.07) is 0.325. The molecule has 1 saturated carbocycles. The fraction of sp³-hybridized carbons (Fsp3) is 0.722.